The van der Waals surface area contributed by atoms with Gasteiger partial charge in [-0.25, -0.2) is 18.1 Å². The average Bonchev–Trinajstić information content (AvgIpc) is 3.37. The fourth-order valence-corrected chi connectivity index (χ4v) is 3.52. The normalized spacial score (nSPS) is 15.2. The summed E-state index contributed by atoms with van der Waals surface area (Å²) in [6, 6.07) is 4.33. The van der Waals surface area contributed by atoms with E-state index in [-0.39, 0.29) is 22.2 Å². The first kappa shape index (κ1) is 26.7. The van der Waals surface area contributed by atoms with Crippen molar-refractivity contribution in [3.05, 3.63) is 46.9 Å². The van der Waals surface area contributed by atoms with Crippen molar-refractivity contribution in [2.24, 2.45) is 7.05 Å². The molecule has 1 unspecified atom stereocenters. The average molecular weight is 558 g/mol. The minimum atomic E-state index is -6.19. The molecule has 1 aliphatic carbocycles. The highest BCUT2D eigenvalue weighted by Crippen LogP contribution is 2.48. The van der Waals surface area contributed by atoms with E-state index in [1.165, 1.54) is 18.2 Å². The lowest BCUT2D eigenvalue weighted by molar-refractivity contribution is -0.291. The molecule has 1 atom stereocenters. The zero-order chi connectivity index (χ0) is 27.3. The molecule has 1 aliphatic rings. The van der Waals surface area contributed by atoms with E-state index < -0.39 is 48.1 Å². The van der Waals surface area contributed by atoms with Crippen LogP contribution in [0, 0.1) is 0 Å². The van der Waals surface area contributed by atoms with Crippen LogP contribution in [0.2, 0.25) is 5.02 Å². The van der Waals surface area contributed by atoms with Crippen molar-refractivity contribution in [2.75, 3.05) is 0 Å². The van der Waals surface area contributed by atoms with Gasteiger partial charge in [0.1, 0.15) is 0 Å². The molecular formula is C21H16ClF8N5O2. The standard InChI is InChI=1S/C21H16ClF8N5O2/c1-34-19(14(37-17(25)16(23)24)15(33-34)20(26,27)21(28,29)30)35-8-10(7-31-35)9-2-5-13(22)12(6-9)18(36)32-11-3-4-11/h2,5-8,11,16-17H,3-4H2,1H3,(H,32,36). The number of carbonyl (C=O) groups is 1. The molecule has 0 bridgehead atoms. The third-order valence-corrected chi connectivity index (χ3v) is 5.64. The van der Waals surface area contributed by atoms with Crippen molar-refractivity contribution < 1.29 is 44.7 Å². The largest absolute Gasteiger partial charge is 0.459 e. The molecular weight excluding hydrogens is 542 g/mol. The van der Waals surface area contributed by atoms with Gasteiger partial charge in [-0.2, -0.15) is 36.5 Å². The van der Waals surface area contributed by atoms with Crippen LogP contribution in [0.3, 0.4) is 0 Å². The number of nitrogens with one attached hydrogen (secondary N) is 1. The van der Waals surface area contributed by atoms with Gasteiger partial charge in [-0.3, -0.25) is 4.79 Å². The number of ether oxygens (including phenoxy) is 1. The molecule has 4 rings (SSSR count). The lowest BCUT2D eigenvalue weighted by atomic mass is 10.1. The number of amides is 1. The molecule has 2 aromatic heterocycles. The molecule has 0 saturated heterocycles. The molecule has 1 saturated carbocycles. The molecule has 16 heteroatoms. The molecule has 37 heavy (non-hydrogen) atoms. The maximum absolute atomic E-state index is 14.1. The SMILES string of the molecule is Cn1nc(C(F)(F)C(F)(F)F)c(OC(F)C(F)F)c1-n1cc(-c2ccc(Cl)c(C(=O)NC3CC3)c2)cn1. The summed E-state index contributed by atoms with van der Waals surface area (Å²) in [7, 11) is 0.914. The van der Waals surface area contributed by atoms with Crippen molar-refractivity contribution in [3.63, 3.8) is 0 Å². The Morgan fingerprint density at radius 3 is 2.43 bits per heavy atom. The van der Waals surface area contributed by atoms with E-state index in [1.54, 1.807) is 0 Å². The topological polar surface area (TPSA) is 74.0 Å². The van der Waals surface area contributed by atoms with Gasteiger partial charge in [0.2, 0.25) is 0 Å². The summed E-state index contributed by atoms with van der Waals surface area (Å²) < 4.78 is 112. The van der Waals surface area contributed by atoms with Crippen molar-refractivity contribution in [3.8, 4) is 22.7 Å². The second kappa shape index (κ2) is 9.50. The summed E-state index contributed by atoms with van der Waals surface area (Å²) in [4.78, 5) is 12.4. The van der Waals surface area contributed by atoms with Gasteiger partial charge in [0.25, 0.3) is 12.3 Å². The summed E-state index contributed by atoms with van der Waals surface area (Å²) in [5, 5.41) is 9.83. The first-order valence-electron chi connectivity index (χ1n) is 10.5. The Labute approximate surface area is 207 Å². The Balaban J connectivity index is 1.77. The molecule has 1 N–H and O–H groups in total. The van der Waals surface area contributed by atoms with Crippen molar-refractivity contribution in [2.45, 2.75) is 43.8 Å². The Bertz CT molecular complexity index is 1320. The Hall–Kier alpha value is -3.36. The van der Waals surface area contributed by atoms with Gasteiger partial charge in [0.05, 0.1) is 16.8 Å². The molecule has 200 valence electrons. The van der Waals surface area contributed by atoms with E-state index in [1.807, 2.05) is 0 Å². The van der Waals surface area contributed by atoms with Gasteiger partial charge in [0.15, 0.2) is 17.3 Å². The number of benzene rings is 1. The van der Waals surface area contributed by atoms with Crippen LogP contribution in [0.15, 0.2) is 30.6 Å². The van der Waals surface area contributed by atoms with E-state index in [0.717, 1.165) is 32.3 Å². The summed E-state index contributed by atoms with van der Waals surface area (Å²) in [5.41, 5.74) is -1.44. The Kier molecular flexibility index (Phi) is 6.86. The molecule has 2 heterocycles. The maximum atomic E-state index is 14.1. The summed E-state index contributed by atoms with van der Waals surface area (Å²) >= 11 is 6.11. The number of rotatable bonds is 8. The van der Waals surface area contributed by atoms with Crippen LogP contribution in [0.5, 0.6) is 5.75 Å². The predicted octanol–water partition coefficient (Wildman–Crippen LogP) is 5.41. The second-order valence-corrected chi connectivity index (χ2v) is 8.52. The highest BCUT2D eigenvalue weighted by Gasteiger charge is 2.62. The third-order valence-electron chi connectivity index (χ3n) is 5.31. The molecule has 1 aromatic carbocycles. The van der Waals surface area contributed by atoms with Gasteiger partial charge in [-0.1, -0.05) is 17.7 Å². The van der Waals surface area contributed by atoms with Crippen LogP contribution in [-0.2, 0) is 13.0 Å². The number of nitrogens with zero attached hydrogens (tertiary/aromatic N) is 4. The van der Waals surface area contributed by atoms with Gasteiger partial charge in [-0.05, 0) is 30.5 Å². The lowest BCUT2D eigenvalue weighted by Crippen LogP contribution is -2.35. The molecule has 0 radical (unpaired) electrons. The fraction of sp³-hybridized carbons (Fsp3) is 0.381. The smallest absolute Gasteiger partial charge is 0.448 e. The number of aryl methyl sites for hydroxylation is 1. The summed E-state index contributed by atoms with van der Waals surface area (Å²) in [6.45, 7) is 0. The van der Waals surface area contributed by atoms with Crippen molar-refractivity contribution >= 4 is 17.5 Å². The van der Waals surface area contributed by atoms with Crippen LogP contribution in [0.25, 0.3) is 16.9 Å². The first-order chi connectivity index (χ1) is 17.2. The molecule has 1 amide bonds. The summed E-state index contributed by atoms with van der Waals surface area (Å²) in [6.07, 6.45) is -9.68. The molecule has 3 aromatic rings. The lowest BCUT2D eigenvalue weighted by Gasteiger charge is -2.19. The highest BCUT2D eigenvalue weighted by molar-refractivity contribution is 6.34. The van der Waals surface area contributed by atoms with Gasteiger partial charge >= 0.3 is 18.5 Å². The van der Waals surface area contributed by atoms with E-state index in [4.69, 9.17) is 11.6 Å². The number of hydrogen-bond acceptors (Lipinski definition) is 4. The van der Waals surface area contributed by atoms with Crippen LogP contribution in [0.1, 0.15) is 28.9 Å². The fourth-order valence-electron chi connectivity index (χ4n) is 3.32. The second-order valence-electron chi connectivity index (χ2n) is 8.12. The number of alkyl halides is 8. The first-order valence-corrected chi connectivity index (χ1v) is 10.8. The van der Waals surface area contributed by atoms with E-state index in [2.05, 4.69) is 20.3 Å². The van der Waals surface area contributed by atoms with E-state index in [9.17, 15) is 39.9 Å². The number of aromatic nitrogens is 4. The Morgan fingerprint density at radius 1 is 1.16 bits per heavy atom. The number of halogens is 9. The monoisotopic (exact) mass is 557 g/mol. The third kappa shape index (κ3) is 5.22. The minimum Gasteiger partial charge on any atom is -0.448 e. The molecule has 0 spiro atoms. The van der Waals surface area contributed by atoms with Gasteiger partial charge in [-0.15, -0.1) is 0 Å². The molecule has 0 aliphatic heterocycles. The minimum absolute atomic E-state index is 0.0369. The van der Waals surface area contributed by atoms with Crippen LogP contribution in [-0.4, -0.2) is 50.5 Å². The molecule has 7 nitrogen and oxygen atoms in total. The Morgan fingerprint density at radius 2 is 1.84 bits per heavy atom. The molecule has 1 fully saturated rings. The van der Waals surface area contributed by atoms with Crippen LogP contribution >= 0.6 is 11.6 Å². The maximum Gasteiger partial charge on any atom is 0.459 e. The zero-order valence-electron chi connectivity index (χ0n) is 18.5. The predicted molar refractivity (Wildman–Crippen MR) is 113 cm³/mol. The van der Waals surface area contributed by atoms with E-state index in [0.29, 0.717) is 14.9 Å². The van der Waals surface area contributed by atoms with Crippen molar-refractivity contribution in [1.82, 2.24) is 24.9 Å². The van der Waals surface area contributed by atoms with Crippen LogP contribution < -0.4 is 10.1 Å². The number of hydrogen-bond donors (Lipinski definition) is 1. The quantitative estimate of drug-likeness (QED) is 0.376. The van der Waals surface area contributed by atoms with Gasteiger partial charge in [0, 0.05) is 24.8 Å². The van der Waals surface area contributed by atoms with Crippen LogP contribution in [0.4, 0.5) is 35.1 Å². The number of carbonyl (C=O) groups excluding carboxylic acids is 1. The summed E-state index contributed by atoms with van der Waals surface area (Å²) in [5.74, 6) is -8.47. The van der Waals surface area contributed by atoms with E-state index >= 15 is 0 Å². The zero-order valence-corrected chi connectivity index (χ0v) is 19.3. The van der Waals surface area contributed by atoms with Gasteiger partial charge < -0.3 is 10.1 Å². The van der Waals surface area contributed by atoms with Crippen molar-refractivity contribution in [1.29, 1.82) is 0 Å². The highest BCUT2D eigenvalue weighted by atomic mass is 35.5.